The summed E-state index contributed by atoms with van der Waals surface area (Å²) in [6.45, 7) is 4.23. The summed E-state index contributed by atoms with van der Waals surface area (Å²) < 4.78 is 7.69. The molecule has 0 aliphatic heterocycles. The van der Waals surface area contributed by atoms with Crippen LogP contribution in [-0.2, 0) is 20.1 Å². The van der Waals surface area contributed by atoms with Crippen molar-refractivity contribution in [3.8, 4) is 5.75 Å². The van der Waals surface area contributed by atoms with Gasteiger partial charge in [-0.05, 0) is 24.6 Å². The molecule has 0 aliphatic rings. The van der Waals surface area contributed by atoms with E-state index in [1.165, 1.54) is 0 Å². The fourth-order valence-corrected chi connectivity index (χ4v) is 2.55. The van der Waals surface area contributed by atoms with Crippen LogP contribution < -0.4 is 15.4 Å². The molecule has 0 unspecified atom stereocenters. The Morgan fingerprint density at radius 3 is 2.39 bits per heavy atom. The highest BCUT2D eigenvalue weighted by Crippen LogP contribution is 2.07. The Kier molecular flexibility index (Phi) is 7.01. The maximum absolute atomic E-state index is 5.73. The van der Waals surface area contributed by atoms with Crippen LogP contribution in [0.25, 0.3) is 0 Å². The van der Waals surface area contributed by atoms with Gasteiger partial charge in [-0.3, -0.25) is 0 Å². The number of guanidine groups is 1. The predicted molar refractivity (Wildman–Crippen MR) is 110 cm³/mol. The van der Waals surface area contributed by atoms with Crippen molar-refractivity contribution in [1.29, 1.82) is 0 Å². The zero-order valence-corrected chi connectivity index (χ0v) is 16.3. The number of nitrogens with one attached hydrogen (secondary N) is 2. The van der Waals surface area contributed by atoms with Crippen molar-refractivity contribution in [3.63, 3.8) is 0 Å². The number of aliphatic imine (C=N–C) groups is 1. The first-order valence-corrected chi connectivity index (χ1v) is 9.31. The lowest BCUT2D eigenvalue weighted by atomic mass is 10.2. The summed E-state index contributed by atoms with van der Waals surface area (Å²) in [4.78, 5) is 4.67. The lowest BCUT2D eigenvalue weighted by molar-refractivity contribution is 0.322. The third-order valence-electron chi connectivity index (χ3n) is 4.27. The van der Waals surface area contributed by atoms with Crippen molar-refractivity contribution in [2.45, 2.75) is 20.0 Å². The average molecular weight is 378 g/mol. The molecule has 0 fully saturated rings. The van der Waals surface area contributed by atoms with Gasteiger partial charge in [-0.1, -0.05) is 48.5 Å². The van der Waals surface area contributed by atoms with E-state index in [1.54, 1.807) is 0 Å². The van der Waals surface area contributed by atoms with Crippen molar-refractivity contribution in [2.75, 3.05) is 13.2 Å². The van der Waals surface area contributed by atoms with Crippen LogP contribution in [-0.4, -0.2) is 33.9 Å². The second kappa shape index (κ2) is 10.1. The Balaban J connectivity index is 1.56. The van der Waals surface area contributed by atoms with Crippen LogP contribution in [0.2, 0.25) is 0 Å². The van der Waals surface area contributed by atoms with E-state index >= 15 is 0 Å². The SMILES string of the molecule is Cc1nnc(CNC(=NCc2ccccc2)NCCOc2ccccc2)n1C. The van der Waals surface area contributed by atoms with E-state index < -0.39 is 0 Å². The lowest BCUT2D eigenvalue weighted by Crippen LogP contribution is -2.39. The molecular formula is C21H26N6O. The standard InChI is InChI=1S/C21H26N6O/c1-17-25-26-20(27(17)2)16-24-21(23-15-18-9-5-3-6-10-18)22-13-14-28-19-11-7-4-8-12-19/h3-12H,13-16H2,1-2H3,(H2,22,23,24). The monoisotopic (exact) mass is 378 g/mol. The molecule has 0 saturated carbocycles. The van der Waals surface area contributed by atoms with Gasteiger partial charge in [0.1, 0.15) is 18.2 Å². The molecule has 0 atom stereocenters. The first-order chi connectivity index (χ1) is 13.7. The molecule has 3 rings (SSSR count). The molecule has 0 spiro atoms. The number of aromatic nitrogens is 3. The van der Waals surface area contributed by atoms with E-state index in [1.807, 2.05) is 67.1 Å². The maximum atomic E-state index is 5.73. The van der Waals surface area contributed by atoms with Gasteiger partial charge in [0.05, 0.1) is 19.6 Å². The van der Waals surface area contributed by atoms with Crippen molar-refractivity contribution in [3.05, 3.63) is 77.9 Å². The van der Waals surface area contributed by atoms with E-state index in [9.17, 15) is 0 Å². The van der Waals surface area contributed by atoms with Crippen molar-refractivity contribution >= 4 is 5.96 Å². The summed E-state index contributed by atoms with van der Waals surface area (Å²) >= 11 is 0. The molecule has 3 aromatic rings. The smallest absolute Gasteiger partial charge is 0.192 e. The van der Waals surface area contributed by atoms with Crippen LogP contribution in [0.4, 0.5) is 0 Å². The molecule has 2 N–H and O–H groups in total. The zero-order valence-electron chi connectivity index (χ0n) is 16.3. The number of benzene rings is 2. The van der Waals surface area contributed by atoms with E-state index in [0.29, 0.717) is 32.2 Å². The highest BCUT2D eigenvalue weighted by atomic mass is 16.5. The minimum atomic E-state index is 0.539. The van der Waals surface area contributed by atoms with Crippen molar-refractivity contribution < 1.29 is 4.74 Å². The zero-order chi connectivity index (χ0) is 19.6. The summed E-state index contributed by atoms with van der Waals surface area (Å²) in [5.41, 5.74) is 1.15. The number of aryl methyl sites for hydroxylation is 1. The summed E-state index contributed by atoms with van der Waals surface area (Å²) in [7, 11) is 1.95. The van der Waals surface area contributed by atoms with Crippen molar-refractivity contribution in [2.24, 2.45) is 12.0 Å². The average Bonchev–Trinajstić information content (AvgIpc) is 3.06. The molecule has 0 saturated heterocycles. The number of para-hydroxylation sites is 1. The van der Waals surface area contributed by atoms with E-state index in [-0.39, 0.29) is 0 Å². The minimum Gasteiger partial charge on any atom is -0.492 e. The van der Waals surface area contributed by atoms with Gasteiger partial charge in [0.25, 0.3) is 0 Å². The summed E-state index contributed by atoms with van der Waals surface area (Å²) in [5.74, 6) is 3.30. The largest absolute Gasteiger partial charge is 0.492 e. The Bertz CT molecular complexity index is 876. The molecule has 1 aromatic heterocycles. The fourth-order valence-electron chi connectivity index (χ4n) is 2.55. The predicted octanol–water partition coefficient (Wildman–Crippen LogP) is 2.44. The molecule has 0 aliphatic carbocycles. The number of hydrogen-bond donors (Lipinski definition) is 2. The van der Waals surface area contributed by atoms with E-state index in [4.69, 9.17) is 4.74 Å². The topological polar surface area (TPSA) is 76.4 Å². The van der Waals surface area contributed by atoms with Crippen molar-refractivity contribution in [1.82, 2.24) is 25.4 Å². The highest BCUT2D eigenvalue weighted by molar-refractivity contribution is 5.79. The van der Waals surface area contributed by atoms with Crippen LogP contribution in [0.1, 0.15) is 17.2 Å². The first kappa shape index (κ1) is 19.4. The molecule has 7 heteroatoms. The number of rotatable bonds is 8. The van der Waals surface area contributed by atoms with Gasteiger partial charge in [0.2, 0.25) is 0 Å². The minimum absolute atomic E-state index is 0.539. The third-order valence-corrected chi connectivity index (χ3v) is 4.27. The van der Waals surface area contributed by atoms with Gasteiger partial charge in [-0.15, -0.1) is 10.2 Å². The molecule has 7 nitrogen and oxygen atoms in total. The van der Waals surface area contributed by atoms with Crippen LogP contribution in [0.3, 0.4) is 0 Å². The maximum Gasteiger partial charge on any atom is 0.192 e. The quantitative estimate of drug-likeness (QED) is 0.358. The molecule has 0 amide bonds. The first-order valence-electron chi connectivity index (χ1n) is 9.31. The van der Waals surface area contributed by atoms with Gasteiger partial charge >= 0.3 is 0 Å². The highest BCUT2D eigenvalue weighted by Gasteiger charge is 2.06. The van der Waals surface area contributed by atoms with Gasteiger partial charge in [0.15, 0.2) is 11.8 Å². The third kappa shape index (κ3) is 5.84. The molecule has 0 radical (unpaired) electrons. The number of ether oxygens (including phenoxy) is 1. The fraction of sp³-hybridized carbons (Fsp3) is 0.286. The Morgan fingerprint density at radius 2 is 1.71 bits per heavy atom. The number of nitrogens with zero attached hydrogens (tertiary/aromatic N) is 4. The summed E-state index contributed by atoms with van der Waals surface area (Å²) in [5, 5.41) is 14.9. The van der Waals surface area contributed by atoms with Crippen LogP contribution in [0, 0.1) is 6.92 Å². The van der Waals surface area contributed by atoms with E-state index in [0.717, 1.165) is 23.0 Å². The molecule has 146 valence electrons. The molecule has 28 heavy (non-hydrogen) atoms. The van der Waals surface area contributed by atoms with Gasteiger partial charge in [0, 0.05) is 7.05 Å². The number of hydrogen-bond acceptors (Lipinski definition) is 4. The second-order valence-electron chi connectivity index (χ2n) is 6.31. The molecule has 1 heterocycles. The Morgan fingerprint density at radius 1 is 1.00 bits per heavy atom. The molecular weight excluding hydrogens is 352 g/mol. The van der Waals surface area contributed by atoms with Crippen LogP contribution in [0.5, 0.6) is 5.75 Å². The summed E-state index contributed by atoms with van der Waals surface area (Å²) in [6, 6.07) is 19.9. The van der Waals surface area contributed by atoms with Crippen LogP contribution in [0.15, 0.2) is 65.7 Å². The van der Waals surface area contributed by atoms with E-state index in [2.05, 4.69) is 38.0 Å². The van der Waals surface area contributed by atoms with Gasteiger partial charge < -0.3 is 19.9 Å². The van der Waals surface area contributed by atoms with Crippen LogP contribution >= 0.6 is 0 Å². The summed E-state index contributed by atoms with van der Waals surface area (Å²) in [6.07, 6.45) is 0. The lowest BCUT2D eigenvalue weighted by Gasteiger charge is -2.13. The van der Waals surface area contributed by atoms with Gasteiger partial charge in [-0.25, -0.2) is 4.99 Å². The molecule has 2 aromatic carbocycles. The normalized spacial score (nSPS) is 11.3. The Labute approximate surface area is 165 Å². The Hall–Kier alpha value is -3.35. The molecule has 0 bridgehead atoms. The second-order valence-corrected chi connectivity index (χ2v) is 6.31. The van der Waals surface area contributed by atoms with Gasteiger partial charge in [-0.2, -0.15) is 0 Å².